The smallest absolute Gasteiger partial charge is 0.0595 e. The van der Waals surface area contributed by atoms with Gasteiger partial charge in [0.1, 0.15) is 0 Å². The first-order valence-corrected chi connectivity index (χ1v) is 7.77. The Morgan fingerprint density at radius 2 is 1.78 bits per heavy atom. The van der Waals surface area contributed by atoms with Crippen molar-refractivity contribution in [3.63, 3.8) is 0 Å². The lowest BCUT2D eigenvalue weighted by Crippen LogP contribution is -2.13. The Hall–Kier alpha value is 0.190. The fourth-order valence-corrected chi connectivity index (χ4v) is 2.99. The zero-order chi connectivity index (χ0) is 13.3. The summed E-state index contributed by atoms with van der Waals surface area (Å²) in [5, 5.41) is 1.06. The van der Waals surface area contributed by atoms with Gasteiger partial charge in [0, 0.05) is 8.04 Å². The van der Waals surface area contributed by atoms with Crippen molar-refractivity contribution < 1.29 is 0 Å². The first-order chi connectivity index (χ1) is 8.49. The second-order valence-corrected chi connectivity index (χ2v) is 6.71. The molecular weight excluding hydrogens is 448 g/mol. The van der Waals surface area contributed by atoms with E-state index in [2.05, 4.69) is 38.5 Å². The number of nitrogens with two attached hydrogens (primary N) is 1. The van der Waals surface area contributed by atoms with E-state index < -0.39 is 0 Å². The normalized spacial score (nSPS) is 12.5. The third-order valence-corrected chi connectivity index (χ3v) is 4.81. The van der Waals surface area contributed by atoms with Crippen LogP contribution in [0.25, 0.3) is 0 Å². The summed E-state index contributed by atoms with van der Waals surface area (Å²) >= 11 is 17.7. The number of rotatable bonds is 2. The summed E-state index contributed by atoms with van der Waals surface area (Å²) < 4.78 is 2.13. The first-order valence-electron chi connectivity index (χ1n) is 5.14. The molecule has 0 saturated carbocycles. The Kier molecular flexibility index (Phi) is 4.94. The van der Waals surface area contributed by atoms with Crippen molar-refractivity contribution in [1.82, 2.24) is 0 Å². The van der Waals surface area contributed by atoms with Crippen molar-refractivity contribution in [1.29, 1.82) is 0 Å². The molecule has 0 radical (unpaired) electrons. The van der Waals surface area contributed by atoms with E-state index in [4.69, 9.17) is 28.9 Å². The van der Waals surface area contributed by atoms with Crippen molar-refractivity contribution >= 4 is 61.7 Å². The maximum Gasteiger partial charge on any atom is 0.0595 e. The summed E-state index contributed by atoms with van der Waals surface area (Å²) in [7, 11) is 0. The maximum absolute atomic E-state index is 6.28. The first kappa shape index (κ1) is 14.6. The maximum atomic E-state index is 6.28. The van der Waals surface area contributed by atoms with E-state index in [-0.39, 0.29) is 6.04 Å². The molecule has 94 valence electrons. The van der Waals surface area contributed by atoms with Gasteiger partial charge >= 0.3 is 0 Å². The fourth-order valence-electron chi connectivity index (χ4n) is 1.64. The molecule has 1 nitrogen and oxygen atoms in total. The van der Waals surface area contributed by atoms with Crippen LogP contribution in [-0.4, -0.2) is 0 Å². The van der Waals surface area contributed by atoms with Gasteiger partial charge < -0.3 is 5.73 Å². The van der Waals surface area contributed by atoms with Gasteiger partial charge in [-0.05, 0) is 64.0 Å². The summed E-state index contributed by atoms with van der Waals surface area (Å²) in [6.45, 7) is 0. The quantitative estimate of drug-likeness (QED) is 0.601. The molecule has 1 unspecified atom stereocenters. The molecule has 2 N–H and O–H groups in total. The molecule has 0 aliphatic rings. The second kappa shape index (κ2) is 6.09. The summed E-state index contributed by atoms with van der Waals surface area (Å²) in [6.07, 6.45) is 0. The number of halogens is 4. The molecule has 18 heavy (non-hydrogen) atoms. The van der Waals surface area contributed by atoms with Crippen LogP contribution in [0.4, 0.5) is 0 Å². The molecule has 0 spiro atoms. The molecule has 0 aliphatic carbocycles. The van der Waals surface area contributed by atoms with Crippen molar-refractivity contribution in [2.75, 3.05) is 0 Å². The van der Waals surface area contributed by atoms with Crippen LogP contribution in [0.5, 0.6) is 0 Å². The zero-order valence-electron chi connectivity index (χ0n) is 9.13. The standard InChI is InChI=1S/C13H9BrCl2IN/c14-8-2-4-12(17)9(6-8)13(18)7-1-3-10(15)11(16)5-7/h1-6,13H,18H2. The Labute approximate surface area is 138 Å². The summed E-state index contributed by atoms with van der Waals surface area (Å²) in [5.41, 5.74) is 8.28. The van der Waals surface area contributed by atoms with Crippen LogP contribution < -0.4 is 5.73 Å². The van der Waals surface area contributed by atoms with Crippen LogP contribution >= 0.6 is 61.7 Å². The number of hydrogen-bond donors (Lipinski definition) is 1. The lowest BCUT2D eigenvalue weighted by atomic mass is 10.00. The second-order valence-electron chi connectivity index (χ2n) is 3.82. The molecule has 0 fully saturated rings. The van der Waals surface area contributed by atoms with Crippen LogP contribution in [0, 0.1) is 3.57 Å². The Morgan fingerprint density at radius 1 is 1.06 bits per heavy atom. The fraction of sp³-hybridized carbons (Fsp3) is 0.0769. The molecule has 0 bridgehead atoms. The van der Waals surface area contributed by atoms with Gasteiger partial charge in [0.2, 0.25) is 0 Å². The van der Waals surface area contributed by atoms with Crippen LogP contribution in [0.3, 0.4) is 0 Å². The van der Waals surface area contributed by atoms with Crippen molar-refractivity contribution in [2.45, 2.75) is 6.04 Å². The monoisotopic (exact) mass is 455 g/mol. The molecule has 0 aromatic heterocycles. The van der Waals surface area contributed by atoms with E-state index in [1.165, 1.54) is 0 Å². The molecule has 2 rings (SSSR count). The molecule has 2 aromatic carbocycles. The van der Waals surface area contributed by atoms with E-state index in [0.717, 1.165) is 19.2 Å². The summed E-state index contributed by atoms with van der Waals surface area (Å²) in [6, 6.07) is 11.3. The highest BCUT2D eigenvalue weighted by molar-refractivity contribution is 14.1. The van der Waals surface area contributed by atoms with Gasteiger partial charge in [-0.3, -0.25) is 0 Å². The van der Waals surface area contributed by atoms with E-state index >= 15 is 0 Å². The predicted molar refractivity (Wildman–Crippen MR) is 89.4 cm³/mol. The molecular formula is C13H9BrCl2IN. The average Bonchev–Trinajstić information content (AvgIpc) is 2.35. The summed E-state index contributed by atoms with van der Waals surface area (Å²) in [4.78, 5) is 0. The largest absolute Gasteiger partial charge is 0.320 e. The third-order valence-electron chi connectivity index (χ3n) is 2.60. The third kappa shape index (κ3) is 3.20. The van der Waals surface area contributed by atoms with Gasteiger partial charge in [0.15, 0.2) is 0 Å². The lowest BCUT2D eigenvalue weighted by Gasteiger charge is -2.15. The summed E-state index contributed by atoms with van der Waals surface area (Å²) in [5.74, 6) is 0. The Morgan fingerprint density at radius 3 is 2.44 bits per heavy atom. The average molecular weight is 457 g/mol. The van der Waals surface area contributed by atoms with Crippen molar-refractivity contribution in [3.8, 4) is 0 Å². The highest BCUT2D eigenvalue weighted by Crippen LogP contribution is 2.30. The highest BCUT2D eigenvalue weighted by atomic mass is 127. The van der Waals surface area contributed by atoms with Crippen LogP contribution in [0.1, 0.15) is 17.2 Å². The topological polar surface area (TPSA) is 26.0 Å². The van der Waals surface area contributed by atoms with E-state index in [1.54, 1.807) is 6.07 Å². The SMILES string of the molecule is NC(c1ccc(Cl)c(Cl)c1)c1cc(Br)ccc1I. The molecule has 0 heterocycles. The Bertz CT molecular complexity index is 589. The van der Waals surface area contributed by atoms with Gasteiger partial charge in [-0.15, -0.1) is 0 Å². The van der Waals surface area contributed by atoms with E-state index in [0.29, 0.717) is 10.0 Å². The van der Waals surface area contributed by atoms with Crippen LogP contribution in [0.2, 0.25) is 10.0 Å². The predicted octanol–water partition coefficient (Wildman–Crippen LogP) is 5.41. The molecule has 0 amide bonds. The van der Waals surface area contributed by atoms with Gasteiger partial charge in [0.25, 0.3) is 0 Å². The zero-order valence-corrected chi connectivity index (χ0v) is 14.4. The van der Waals surface area contributed by atoms with Crippen molar-refractivity contribution in [3.05, 3.63) is 65.6 Å². The van der Waals surface area contributed by atoms with Crippen LogP contribution in [0.15, 0.2) is 40.9 Å². The van der Waals surface area contributed by atoms with E-state index in [1.807, 2.05) is 30.3 Å². The number of benzene rings is 2. The molecule has 0 saturated heterocycles. The minimum atomic E-state index is -0.218. The Balaban J connectivity index is 2.44. The van der Waals surface area contributed by atoms with Gasteiger partial charge in [-0.1, -0.05) is 45.2 Å². The van der Waals surface area contributed by atoms with Gasteiger partial charge in [-0.25, -0.2) is 0 Å². The molecule has 0 aliphatic heterocycles. The molecule has 5 heteroatoms. The minimum absolute atomic E-state index is 0.218. The van der Waals surface area contributed by atoms with Gasteiger partial charge in [-0.2, -0.15) is 0 Å². The molecule has 1 atom stereocenters. The highest BCUT2D eigenvalue weighted by Gasteiger charge is 2.13. The van der Waals surface area contributed by atoms with E-state index in [9.17, 15) is 0 Å². The van der Waals surface area contributed by atoms with Crippen LogP contribution in [-0.2, 0) is 0 Å². The minimum Gasteiger partial charge on any atom is -0.320 e. The van der Waals surface area contributed by atoms with Crippen molar-refractivity contribution in [2.24, 2.45) is 5.73 Å². The molecule has 2 aromatic rings. The number of hydrogen-bond acceptors (Lipinski definition) is 1. The van der Waals surface area contributed by atoms with Gasteiger partial charge in [0.05, 0.1) is 16.1 Å². The lowest BCUT2D eigenvalue weighted by molar-refractivity contribution is 0.864.